The van der Waals surface area contributed by atoms with Gasteiger partial charge in [-0.1, -0.05) is 40.5 Å². The summed E-state index contributed by atoms with van der Waals surface area (Å²) in [7, 11) is -3.82. The minimum atomic E-state index is -3.82. The third-order valence-corrected chi connectivity index (χ3v) is 6.47. The van der Waals surface area contributed by atoms with Crippen molar-refractivity contribution < 1.29 is 12.8 Å². The molecule has 0 bridgehead atoms. The molecule has 3 rings (SSSR count). The van der Waals surface area contributed by atoms with Crippen molar-refractivity contribution >= 4 is 31.7 Å². The van der Waals surface area contributed by atoms with Crippen molar-refractivity contribution in [3.8, 4) is 11.5 Å². The van der Waals surface area contributed by atoms with Gasteiger partial charge in [0.15, 0.2) is 0 Å². The van der Waals surface area contributed by atoms with Crippen LogP contribution in [0.5, 0.6) is 0 Å². The Morgan fingerprint density at radius 3 is 2.33 bits per heavy atom. The zero-order valence-corrected chi connectivity index (χ0v) is 17.8. The zero-order valence-electron chi connectivity index (χ0n) is 15.4. The standard InChI is InChI=1S/C20H21BrN2O3S/c1-4-14(3)22-19-20(27(24,25)17-11-9-16(21)10-12-17)23-18(26-19)15-7-5-13(2)6-8-15/h5-12,14,22H,4H2,1-3H3. The maximum Gasteiger partial charge on any atom is 0.234 e. The fourth-order valence-electron chi connectivity index (χ4n) is 2.45. The molecule has 7 heteroatoms. The van der Waals surface area contributed by atoms with Crippen LogP contribution >= 0.6 is 15.9 Å². The van der Waals surface area contributed by atoms with E-state index in [1.54, 1.807) is 24.3 Å². The number of halogens is 1. The molecule has 0 amide bonds. The summed E-state index contributed by atoms with van der Waals surface area (Å²) in [6.45, 7) is 5.96. The van der Waals surface area contributed by atoms with E-state index in [2.05, 4.69) is 26.2 Å². The van der Waals surface area contributed by atoms with Crippen molar-refractivity contribution in [2.24, 2.45) is 0 Å². The second-order valence-electron chi connectivity index (χ2n) is 6.43. The van der Waals surface area contributed by atoms with Gasteiger partial charge in [0.25, 0.3) is 0 Å². The van der Waals surface area contributed by atoms with Crippen LogP contribution in [-0.2, 0) is 9.84 Å². The lowest BCUT2D eigenvalue weighted by atomic mass is 10.1. The summed E-state index contributed by atoms with van der Waals surface area (Å²) in [5, 5.41) is 3.03. The van der Waals surface area contributed by atoms with Crippen molar-refractivity contribution in [3.63, 3.8) is 0 Å². The van der Waals surface area contributed by atoms with Crippen molar-refractivity contribution in [3.05, 3.63) is 58.6 Å². The minimum absolute atomic E-state index is 0.0442. The van der Waals surface area contributed by atoms with Gasteiger partial charge in [-0.05, 0) is 56.7 Å². The summed E-state index contributed by atoms with van der Waals surface area (Å²) in [5.41, 5.74) is 1.83. The Balaban J connectivity index is 2.11. The van der Waals surface area contributed by atoms with E-state index in [0.29, 0.717) is 0 Å². The van der Waals surface area contributed by atoms with Gasteiger partial charge in [-0.2, -0.15) is 4.98 Å². The van der Waals surface area contributed by atoms with Gasteiger partial charge in [-0.25, -0.2) is 8.42 Å². The van der Waals surface area contributed by atoms with Gasteiger partial charge in [0.1, 0.15) is 0 Å². The van der Waals surface area contributed by atoms with Gasteiger partial charge >= 0.3 is 0 Å². The first-order chi connectivity index (χ1) is 12.8. The molecule has 0 fully saturated rings. The van der Waals surface area contributed by atoms with E-state index in [4.69, 9.17) is 4.42 Å². The summed E-state index contributed by atoms with van der Waals surface area (Å²) >= 11 is 3.32. The second kappa shape index (κ2) is 7.86. The highest BCUT2D eigenvalue weighted by atomic mass is 79.9. The molecule has 0 spiro atoms. The Hall–Kier alpha value is -2.12. The van der Waals surface area contributed by atoms with Crippen molar-refractivity contribution in [1.82, 2.24) is 4.98 Å². The third-order valence-electron chi connectivity index (χ3n) is 4.26. The first-order valence-electron chi connectivity index (χ1n) is 8.66. The first-order valence-corrected chi connectivity index (χ1v) is 10.9. The van der Waals surface area contributed by atoms with Gasteiger partial charge in [0.05, 0.1) is 4.90 Å². The van der Waals surface area contributed by atoms with E-state index < -0.39 is 9.84 Å². The summed E-state index contributed by atoms with van der Waals surface area (Å²) < 4.78 is 33.0. The highest BCUT2D eigenvalue weighted by Crippen LogP contribution is 2.33. The van der Waals surface area contributed by atoms with Gasteiger partial charge < -0.3 is 9.73 Å². The average Bonchev–Trinajstić information content (AvgIpc) is 3.07. The number of hydrogen-bond donors (Lipinski definition) is 1. The van der Waals surface area contributed by atoms with Crippen LogP contribution in [0.15, 0.2) is 67.3 Å². The molecule has 5 nitrogen and oxygen atoms in total. The maximum absolute atomic E-state index is 13.2. The molecule has 27 heavy (non-hydrogen) atoms. The van der Waals surface area contributed by atoms with E-state index in [-0.39, 0.29) is 27.7 Å². The van der Waals surface area contributed by atoms with E-state index in [0.717, 1.165) is 22.0 Å². The average molecular weight is 449 g/mol. The van der Waals surface area contributed by atoms with Crippen LogP contribution in [0.3, 0.4) is 0 Å². The molecule has 1 unspecified atom stereocenters. The summed E-state index contributed by atoms with van der Waals surface area (Å²) in [5.74, 6) is 0.444. The van der Waals surface area contributed by atoms with Crippen molar-refractivity contribution in [2.45, 2.75) is 43.2 Å². The fraction of sp³-hybridized carbons (Fsp3) is 0.250. The molecule has 0 aliphatic heterocycles. The Bertz CT molecular complexity index is 1030. The number of rotatable bonds is 6. The number of nitrogens with zero attached hydrogens (tertiary/aromatic N) is 1. The molecule has 1 heterocycles. The SMILES string of the molecule is CCC(C)Nc1oc(-c2ccc(C)cc2)nc1S(=O)(=O)c1ccc(Br)cc1. The van der Waals surface area contributed by atoms with Crippen LogP contribution < -0.4 is 5.32 Å². The summed E-state index contributed by atoms with van der Waals surface area (Å²) in [4.78, 5) is 4.51. The number of sulfone groups is 1. The molecular weight excluding hydrogens is 428 g/mol. The second-order valence-corrected chi connectivity index (χ2v) is 9.21. The molecule has 142 valence electrons. The Morgan fingerprint density at radius 2 is 1.74 bits per heavy atom. The predicted octanol–water partition coefficient (Wildman–Crippen LogP) is 5.46. The smallest absolute Gasteiger partial charge is 0.234 e. The summed E-state index contributed by atoms with van der Waals surface area (Å²) in [6, 6.07) is 14.1. The van der Waals surface area contributed by atoms with Crippen molar-refractivity contribution in [2.75, 3.05) is 5.32 Å². The number of oxazole rings is 1. The molecule has 0 aliphatic rings. The molecule has 0 saturated heterocycles. The van der Waals surface area contributed by atoms with Crippen LogP contribution in [-0.4, -0.2) is 19.4 Å². The molecule has 0 radical (unpaired) electrons. The number of aryl methyl sites for hydroxylation is 1. The largest absolute Gasteiger partial charge is 0.419 e. The Labute approximate surface area is 167 Å². The lowest BCUT2D eigenvalue weighted by Gasteiger charge is -2.11. The molecule has 2 aromatic carbocycles. The number of anilines is 1. The predicted molar refractivity (Wildman–Crippen MR) is 110 cm³/mol. The topological polar surface area (TPSA) is 72.2 Å². The quantitative estimate of drug-likeness (QED) is 0.542. The van der Waals surface area contributed by atoms with E-state index in [1.807, 2.05) is 45.0 Å². The molecule has 1 aromatic heterocycles. The molecular formula is C20H21BrN2O3S. The number of hydrogen-bond acceptors (Lipinski definition) is 5. The molecule has 0 aliphatic carbocycles. The summed E-state index contributed by atoms with van der Waals surface area (Å²) in [6.07, 6.45) is 0.818. The van der Waals surface area contributed by atoms with Crippen LogP contribution in [0.4, 0.5) is 5.88 Å². The highest BCUT2D eigenvalue weighted by Gasteiger charge is 2.29. The maximum atomic E-state index is 13.2. The van der Waals surface area contributed by atoms with Crippen molar-refractivity contribution in [1.29, 1.82) is 0 Å². The van der Waals surface area contributed by atoms with Crippen LogP contribution in [0.25, 0.3) is 11.5 Å². The number of nitrogens with one attached hydrogen (secondary N) is 1. The normalized spacial score (nSPS) is 12.7. The molecule has 0 saturated carbocycles. The van der Waals surface area contributed by atoms with Crippen LogP contribution in [0, 0.1) is 6.92 Å². The molecule has 1 atom stereocenters. The van der Waals surface area contributed by atoms with Gasteiger partial charge in [0.2, 0.25) is 26.6 Å². The minimum Gasteiger partial charge on any atom is -0.419 e. The van der Waals surface area contributed by atoms with Crippen LogP contribution in [0.1, 0.15) is 25.8 Å². The first kappa shape index (κ1) is 19.6. The lowest BCUT2D eigenvalue weighted by Crippen LogP contribution is -2.15. The van der Waals surface area contributed by atoms with E-state index in [1.165, 1.54) is 0 Å². The molecule has 1 N–H and O–H groups in total. The van der Waals surface area contributed by atoms with Gasteiger partial charge in [-0.15, -0.1) is 0 Å². The number of benzene rings is 2. The third kappa shape index (κ3) is 4.25. The Kier molecular flexibility index (Phi) is 5.72. The highest BCUT2D eigenvalue weighted by molar-refractivity contribution is 9.10. The monoisotopic (exact) mass is 448 g/mol. The van der Waals surface area contributed by atoms with Gasteiger partial charge in [0, 0.05) is 16.1 Å². The fourth-order valence-corrected chi connectivity index (χ4v) is 3.98. The zero-order chi connectivity index (χ0) is 19.6. The number of aromatic nitrogens is 1. The lowest BCUT2D eigenvalue weighted by molar-refractivity contribution is 0.566. The molecule has 3 aromatic rings. The Morgan fingerprint density at radius 1 is 1.11 bits per heavy atom. The van der Waals surface area contributed by atoms with Crippen LogP contribution in [0.2, 0.25) is 0 Å². The van der Waals surface area contributed by atoms with E-state index in [9.17, 15) is 8.42 Å². The van der Waals surface area contributed by atoms with E-state index >= 15 is 0 Å². The van der Waals surface area contributed by atoms with Gasteiger partial charge in [-0.3, -0.25) is 0 Å².